The minimum absolute atomic E-state index is 0.144. The molecule has 4 bridgehead atoms. The van der Waals surface area contributed by atoms with Crippen LogP contribution in [0.3, 0.4) is 0 Å². The van der Waals surface area contributed by atoms with Crippen LogP contribution in [0.2, 0.25) is 0 Å². The Morgan fingerprint density at radius 2 is 1.68 bits per heavy atom. The molecule has 1 atom stereocenters. The van der Waals surface area contributed by atoms with Crippen molar-refractivity contribution in [2.24, 2.45) is 28.3 Å². The van der Waals surface area contributed by atoms with E-state index in [4.69, 9.17) is 17.4 Å². The molecule has 0 amide bonds. The Balaban J connectivity index is 1.26. The molecule has 4 N–H and O–H groups in total. The van der Waals surface area contributed by atoms with Gasteiger partial charge in [-0.05, 0) is 105 Å². The monoisotopic (exact) mass is 421 g/mol. The Kier molecular flexibility index (Phi) is 5.44. The molecule has 4 fully saturated rings. The van der Waals surface area contributed by atoms with Crippen molar-refractivity contribution in [2.75, 3.05) is 6.54 Å². The fourth-order valence-electron chi connectivity index (χ4n) is 6.27. The maximum atomic E-state index is 11.3. The normalized spacial score (nSPS) is 32.1. The van der Waals surface area contributed by atoms with Crippen molar-refractivity contribution in [3.63, 3.8) is 0 Å². The van der Waals surface area contributed by atoms with Crippen molar-refractivity contribution in [3.8, 4) is 0 Å². The van der Waals surface area contributed by atoms with E-state index in [1.54, 1.807) is 24.3 Å². The van der Waals surface area contributed by atoms with Gasteiger partial charge in [-0.2, -0.15) is 0 Å². The Morgan fingerprint density at radius 1 is 1.14 bits per heavy atom. The van der Waals surface area contributed by atoms with Crippen LogP contribution in [0.1, 0.15) is 51.0 Å². The third-order valence-corrected chi connectivity index (χ3v) is 8.49. The van der Waals surface area contributed by atoms with Gasteiger partial charge in [-0.3, -0.25) is 0 Å². The molecule has 5 nitrogen and oxygen atoms in total. The number of rotatable bonds is 6. The van der Waals surface area contributed by atoms with Gasteiger partial charge in [-0.15, -0.1) is 0 Å². The van der Waals surface area contributed by atoms with Gasteiger partial charge < -0.3 is 10.6 Å². The average molecular weight is 422 g/mol. The van der Waals surface area contributed by atoms with Crippen LogP contribution < -0.4 is 15.8 Å². The van der Waals surface area contributed by atoms with Gasteiger partial charge in [0.05, 0.1) is 4.90 Å². The molecule has 0 aromatic heterocycles. The molecule has 0 spiro atoms. The van der Waals surface area contributed by atoms with E-state index in [-0.39, 0.29) is 4.90 Å². The summed E-state index contributed by atoms with van der Waals surface area (Å²) in [7, 11) is -3.63. The van der Waals surface area contributed by atoms with Crippen molar-refractivity contribution in [3.05, 3.63) is 29.8 Å². The zero-order chi connectivity index (χ0) is 19.9. The minimum atomic E-state index is -3.63. The molecule has 4 saturated carbocycles. The van der Waals surface area contributed by atoms with Gasteiger partial charge in [0.25, 0.3) is 0 Å². The molecule has 4 aliphatic carbocycles. The fourth-order valence-corrected chi connectivity index (χ4v) is 7.07. The van der Waals surface area contributed by atoms with Crippen LogP contribution in [-0.2, 0) is 16.4 Å². The smallest absolute Gasteiger partial charge is 0.238 e. The van der Waals surface area contributed by atoms with Crippen LogP contribution in [0, 0.1) is 23.2 Å². The summed E-state index contributed by atoms with van der Waals surface area (Å²) in [6.45, 7) is 3.03. The van der Waals surface area contributed by atoms with Crippen molar-refractivity contribution in [2.45, 2.75) is 62.8 Å². The molecule has 4 aliphatic rings. The van der Waals surface area contributed by atoms with Crippen LogP contribution in [0.15, 0.2) is 29.2 Å². The van der Waals surface area contributed by atoms with E-state index in [0.717, 1.165) is 34.9 Å². The summed E-state index contributed by atoms with van der Waals surface area (Å²) in [6.07, 6.45) is 9.25. The summed E-state index contributed by atoms with van der Waals surface area (Å²) in [5.74, 6) is 2.83. The number of sulfonamides is 1. The summed E-state index contributed by atoms with van der Waals surface area (Å²) < 4.78 is 22.6. The second-order valence-electron chi connectivity index (χ2n) is 9.34. The first-order valence-electron chi connectivity index (χ1n) is 10.4. The van der Waals surface area contributed by atoms with E-state index in [1.165, 1.54) is 38.5 Å². The zero-order valence-corrected chi connectivity index (χ0v) is 18.1. The molecular formula is C21H31N3O2S2. The molecule has 7 heteroatoms. The lowest BCUT2D eigenvalue weighted by atomic mass is 9.48. The highest BCUT2D eigenvalue weighted by Gasteiger charge is 2.53. The quantitative estimate of drug-likeness (QED) is 0.615. The van der Waals surface area contributed by atoms with E-state index in [9.17, 15) is 8.42 Å². The lowest BCUT2D eigenvalue weighted by Gasteiger charge is -2.59. The first kappa shape index (κ1) is 20.1. The van der Waals surface area contributed by atoms with Gasteiger partial charge in [0.15, 0.2) is 5.11 Å². The van der Waals surface area contributed by atoms with E-state index in [2.05, 4.69) is 17.6 Å². The predicted octanol–water partition coefficient (Wildman–Crippen LogP) is 2.95. The number of hydrogen-bond acceptors (Lipinski definition) is 3. The maximum absolute atomic E-state index is 11.3. The van der Waals surface area contributed by atoms with Crippen molar-refractivity contribution in [1.29, 1.82) is 0 Å². The number of benzene rings is 1. The predicted molar refractivity (Wildman–Crippen MR) is 115 cm³/mol. The third-order valence-electron chi connectivity index (χ3n) is 7.30. The molecular weight excluding hydrogens is 390 g/mol. The molecule has 0 heterocycles. The Morgan fingerprint density at radius 3 is 2.18 bits per heavy atom. The van der Waals surface area contributed by atoms with Crippen LogP contribution in [-0.4, -0.2) is 26.1 Å². The highest BCUT2D eigenvalue weighted by molar-refractivity contribution is 7.89. The molecule has 5 rings (SSSR count). The number of hydrogen-bond donors (Lipinski definition) is 3. The first-order valence-corrected chi connectivity index (χ1v) is 12.3. The Bertz CT molecular complexity index is 800. The summed E-state index contributed by atoms with van der Waals surface area (Å²) in [5, 5.41) is 12.8. The SMILES string of the molecule is C[C@@H](NC(=S)NCCc1ccc(S(N)(=O)=O)cc1)C12CC3CC(CC(C3)C1)C2. The largest absolute Gasteiger partial charge is 0.362 e. The topological polar surface area (TPSA) is 84.2 Å². The number of primary sulfonamides is 1. The van der Waals surface area contributed by atoms with Gasteiger partial charge in [0, 0.05) is 12.6 Å². The molecule has 0 radical (unpaired) electrons. The highest BCUT2D eigenvalue weighted by Crippen LogP contribution is 2.61. The van der Waals surface area contributed by atoms with Crippen molar-refractivity contribution >= 4 is 27.4 Å². The average Bonchev–Trinajstić information content (AvgIpc) is 2.60. The van der Waals surface area contributed by atoms with E-state index < -0.39 is 10.0 Å². The summed E-state index contributed by atoms with van der Waals surface area (Å²) >= 11 is 5.55. The van der Waals surface area contributed by atoms with Crippen LogP contribution in [0.5, 0.6) is 0 Å². The summed E-state index contributed by atoms with van der Waals surface area (Å²) in [5.41, 5.74) is 1.49. The maximum Gasteiger partial charge on any atom is 0.238 e. The second-order valence-corrected chi connectivity index (χ2v) is 11.3. The van der Waals surface area contributed by atoms with E-state index in [0.29, 0.717) is 18.0 Å². The van der Waals surface area contributed by atoms with E-state index >= 15 is 0 Å². The van der Waals surface area contributed by atoms with Gasteiger partial charge in [-0.1, -0.05) is 12.1 Å². The van der Waals surface area contributed by atoms with Gasteiger partial charge >= 0.3 is 0 Å². The number of nitrogens with one attached hydrogen (secondary N) is 2. The van der Waals surface area contributed by atoms with Crippen LogP contribution >= 0.6 is 12.2 Å². The molecule has 0 aliphatic heterocycles. The first-order chi connectivity index (χ1) is 13.2. The second kappa shape index (κ2) is 7.58. The van der Waals surface area contributed by atoms with E-state index in [1.807, 2.05) is 0 Å². The molecule has 1 aromatic carbocycles. The lowest BCUT2D eigenvalue weighted by Crippen LogP contribution is -2.57. The summed E-state index contributed by atoms with van der Waals surface area (Å²) in [4.78, 5) is 0.144. The number of thiocarbonyl (C=S) groups is 1. The lowest BCUT2D eigenvalue weighted by molar-refractivity contribution is -0.0672. The standard InChI is InChI=1S/C21H31N3O2S2/c1-14(21-11-16-8-17(12-21)10-18(9-16)13-21)24-20(27)23-7-6-15-2-4-19(5-3-15)28(22,25)26/h2-5,14,16-18H,6-13H2,1H3,(H2,22,25,26)(H2,23,24,27)/t14-,16?,17?,18?,21?/m1/s1. The molecule has 1 aromatic rings. The highest BCUT2D eigenvalue weighted by atomic mass is 32.2. The Hall–Kier alpha value is -1.18. The third kappa shape index (κ3) is 4.21. The molecule has 0 unspecified atom stereocenters. The van der Waals surface area contributed by atoms with Gasteiger partial charge in [-0.25, -0.2) is 13.6 Å². The van der Waals surface area contributed by atoms with Gasteiger partial charge in [0.1, 0.15) is 0 Å². The zero-order valence-electron chi connectivity index (χ0n) is 16.5. The Labute approximate surface area is 173 Å². The molecule has 28 heavy (non-hydrogen) atoms. The van der Waals surface area contributed by atoms with Crippen LogP contribution in [0.4, 0.5) is 0 Å². The van der Waals surface area contributed by atoms with Crippen molar-refractivity contribution in [1.82, 2.24) is 10.6 Å². The molecule has 0 saturated heterocycles. The molecule has 154 valence electrons. The number of nitrogens with two attached hydrogens (primary N) is 1. The summed E-state index contributed by atoms with van der Waals surface area (Å²) in [6, 6.07) is 7.12. The van der Waals surface area contributed by atoms with Crippen molar-refractivity contribution < 1.29 is 8.42 Å². The fraction of sp³-hybridized carbons (Fsp3) is 0.667. The van der Waals surface area contributed by atoms with Crippen LogP contribution in [0.25, 0.3) is 0 Å². The minimum Gasteiger partial charge on any atom is -0.362 e. The van der Waals surface area contributed by atoms with Gasteiger partial charge in [0.2, 0.25) is 10.0 Å².